The van der Waals surface area contributed by atoms with E-state index in [4.69, 9.17) is 15.2 Å². The maximum atomic E-state index is 11.3. The second-order valence-corrected chi connectivity index (χ2v) is 5.92. The summed E-state index contributed by atoms with van der Waals surface area (Å²) < 4.78 is 11.3. The van der Waals surface area contributed by atoms with Crippen molar-refractivity contribution in [3.8, 4) is 0 Å². The molecule has 3 atom stereocenters. The average molecular weight is 286 g/mol. The van der Waals surface area contributed by atoms with Crippen LogP contribution in [0.4, 0.5) is 0 Å². The van der Waals surface area contributed by atoms with E-state index in [1.165, 1.54) is 6.42 Å². The van der Waals surface area contributed by atoms with E-state index >= 15 is 0 Å². The first-order valence-electron chi connectivity index (χ1n) is 7.65. The van der Waals surface area contributed by atoms with Crippen LogP contribution in [0.1, 0.15) is 51.9 Å². The molecule has 0 aromatic rings. The lowest BCUT2D eigenvalue weighted by atomic mass is 9.94. The minimum atomic E-state index is -0.605. The van der Waals surface area contributed by atoms with Crippen molar-refractivity contribution in [2.24, 2.45) is 5.73 Å². The van der Waals surface area contributed by atoms with Crippen LogP contribution < -0.4 is 11.1 Å². The normalized spacial score (nSPS) is 26.1. The number of rotatable bonds is 9. The van der Waals surface area contributed by atoms with Gasteiger partial charge in [0.15, 0.2) is 0 Å². The van der Waals surface area contributed by atoms with Gasteiger partial charge in [0.25, 0.3) is 0 Å². The maximum Gasteiger partial charge on any atom is 0.237 e. The van der Waals surface area contributed by atoms with Gasteiger partial charge in [0.2, 0.25) is 5.91 Å². The fraction of sp³-hybridized carbons (Fsp3) is 0.933. The average Bonchev–Trinajstić information content (AvgIpc) is 2.46. The zero-order chi connectivity index (χ0) is 15.0. The minimum absolute atomic E-state index is 0.295. The molecule has 0 saturated heterocycles. The number of carbonyl (C=O) groups is 1. The summed E-state index contributed by atoms with van der Waals surface area (Å²) in [6.45, 7) is 2.60. The first kappa shape index (κ1) is 17.4. The summed E-state index contributed by atoms with van der Waals surface area (Å²) in [5.74, 6) is -0.295. The summed E-state index contributed by atoms with van der Waals surface area (Å²) in [6.07, 6.45) is 7.80. The highest BCUT2D eigenvalue weighted by molar-refractivity contribution is 5.84. The van der Waals surface area contributed by atoms with Crippen molar-refractivity contribution >= 4 is 5.91 Å². The summed E-state index contributed by atoms with van der Waals surface area (Å²) in [4.78, 5) is 11.3. The molecular weight excluding hydrogens is 256 g/mol. The molecule has 0 spiro atoms. The SMILES string of the molecule is CNC(C)(CCCCOC1CCCC(OC)C1)C(N)=O. The first-order valence-corrected chi connectivity index (χ1v) is 7.65. The molecule has 1 aliphatic carbocycles. The van der Waals surface area contributed by atoms with Crippen molar-refractivity contribution in [1.29, 1.82) is 0 Å². The van der Waals surface area contributed by atoms with Crippen LogP contribution in [-0.2, 0) is 14.3 Å². The topological polar surface area (TPSA) is 73.6 Å². The van der Waals surface area contributed by atoms with Crippen LogP contribution >= 0.6 is 0 Å². The highest BCUT2D eigenvalue weighted by atomic mass is 16.5. The zero-order valence-corrected chi connectivity index (χ0v) is 13.1. The van der Waals surface area contributed by atoms with Gasteiger partial charge in [-0.25, -0.2) is 0 Å². The molecule has 1 rings (SSSR count). The zero-order valence-electron chi connectivity index (χ0n) is 13.1. The second kappa shape index (κ2) is 8.60. The van der Waals surface area contributed by atoms with Crippen LogP contribution in [0, 0.1) is 0 Å². The van der Waals surface area contributed by atoms with Gasteiger partial charge >= 0.3 is 0 Å². The molecular formula is C15H30N2O3. The molecule has 3 N–H and O–H groups in total. The molecule has 3 unspecified atom stereocenters. The van der Waals surface area contributed by atoms with E-state index in [9.17, 15) is 4.79 Å². The molecule has 1 fully saturated rings. The Bertz CT molecular complexity index is 299. The highest BCUT2D eigenvalue weighted by Crippen LogP contribution is 2.23. The predicted molar refractivity (Wildman–Crippen MR) is 79.5 cm³/mol. The largest absolute Gasteiger partial charge is 0.381 e. The van der Waals surface area contributed by atoms with Crippen LogP contribution in [0.3, 0.4) is 0 Å². The Morgan fingerprint density at radius 3 is 2.65 bits per heavy atom. The summed E-state index contributed by atoms with van der Waals surface area (Å²) in [6, 6.07) is 0. The van der Waals surface area contributed by atoms with E-state index in [1.54, 1.807) is 14.2 Å². The number of nitrogens with one attached hydrogen (secondary N) is 1. The molecule has 5 heteroatoms. The summed E-state index contributed by atoms with van der Waals surface area (Å²) in [7, 11) is 3.55. The van der Waals surface area contributed by atoms with Gasteiger partial charge in [0.1, 0.15) is 0 Å². The van der Waals surface area contributed by atoms with Gasteiger partial charge in [-0.05, 0) is 58.9 Å². The van der Waals surface area contributed by atoms with Crippen LogP contribution in [0.5, 0.6) is 0 Å². The Hall–Kier alpha value is -0.650. The Morgan fingerprint density at radius 1 is 1.35 bits per heavy atom. The third kappa shape index (κ3) is 5.38. The van der Waals surface area contributed by atoms with Gasteiger partial charge in [0, 0.05) is 13.7 Å². The molecule has 0 aromatic heterocycles. The number of ether oxygens (including phenoxy) is 2. The van der Waals surface area contributed by atoms with Crippen LogP contribution in [-0.4, -0.2) is 44.4 Å². The van der Waals surface area contributed by atoms with Gasteiger partial charge in [-0.3, -0.25) is 4.79 Å². The van der Waals surface area contributed by atoms with E-state index in [0.29, 0.717) is 12.2 Å². The number of amides is 1. The Labute approximate surface area is 122 Å². The quantitative estimate of drug-likeness (QED) is 0.631. The first-order chi connectivity index (χ1) is 9.51. The number of methoxy groups -OCH3 is 1. The summed E-state index contributed by atoms with van der Waals surface area (Å²) in [5, 5.41) is 3.00. The molecule has 1 amide bonds. The van der Waals surface area contributed by atoms with Crippen LogP contribution in [0.15, 0.2) is 0 Å². The fourth-order valence-corrected chi connectivity index (χ4v) is 2.67. The lowest BCUT2D eigenvalue weighted by Gasteiger charge is -2.28. The second-order valence-electron chi connectivity index (χ2n) is 5.92. The predicted octanol–water partition coefficient (Wildman–Crippen LogP) is 1.59. The third-order valence-electron chi connectivity index (χ3n) is 4.43. The maximum absolute atomic E-state index is 11.3. The molecule has 0 aliphatic heterocycles. The molecule has 0 aromatic carbocycles. The monoisotopic (exact) mass is 286 g/mol. The van der Waals surface area contributed by atoms with Crippen molar-refractivity contribution in [3.63, 3.8) is 0 Å². The van der Waals surface area contributed by atoms with E-state index in [1.807, 2.05) is 6.92 Å². The van der Waals surface area contributed by atoms with Crippen molar-refractivity contribution < 1.29 is 14.3 Å². The lowest BCUT2D eigenvalue weighted by molar-refractivity contribution is -0.124. The van der Waals surface area contributed by atoms with E-state index in [-0.39, 0.29) is 5.91 Å². The molecule has 20 heavy (non-hydrogen) atoms. The number of carbonyl (C=O) groups excluding carboxylic acids is 1. The highest BCUT2D eigenvalue weighted by Gasteiger charge is 2.28. The van der Waals surface area contributed by atoms with E-state index in [0.717, 1.165) is 45.1 Å². The summed E-state index contributed by atoms with van der Waals surface area (Å²) in [5.41, 5.74) is 4.79. The number of hydrogen-bond acceptors (Lipinski definition) is 4. The molecule has 0 radical (unpaired) electrons. The molecule has 1 saturated carbocycles. The van der Waals surface area contributed by atoms with E-state index < -0.39 is 5.54 Å². The smallest absolute Gasteiger partial charge is 0.237 e. The van der Waals surface area contributed by atoms with Crippen LogP contribution in [0.2, 0.25) is 0 Å². The van der Waals surface area contributed by atoms with Crippen molar-refractivity contribution in [2.45, 2.75) is 69.6 Å². The van der Waals surface area contributed by atoms with E-state index in [2.05, 4.69) is 5.32 Å². The number of nitrogens with two attached hydrogens (primary N) is 1. The molecule has 1 aliphatic rings. The molecule has 118 valence electrons. The lowest BCUT2D eigenvalue weighted by Crippen LogP contribution is -2.51. The van der Waals surface area contributed by atoms with Gasteiger partial charge in [-0.2, -0.15) is 0 Å². The van der Waals surface area contributed by atoms with Crippen molar-refractivity contribution in [1.82, 2.24) is 5.32 Å². The Kier molecular flexibility index (Phi) is 7.48. The minimum Gasteiger partial charge on any atom is -0.381 e. The fourth-order valence-electron chi connectivity index (χ4n) is 2.67. The number of primary amides is 1. The Balaban J connectivity index is 2.14. The van der Waals surface area contributed by atoms with Gasteiger partial charge < -0.3 is 20.5 Å². The molecule has 0 heterocycles. The number of likely N-dealkylation sites (N-methyl/N-ethyl adjacent to an activating group) is 1. The molecule has 5 nitrogen and oxygen atoms in total. The standard InChI is InChI=1S/C15H30N2O3/c1-15(17-2,14(16)18)9-4-5-10-20-13-8-6-7-12(11-13)19-3/h12-13,17H,4-11H2,1-3H3,(H2,16,18). The summed E-state index contributed by atoms with van der Waals surface area (Å²) >= 11 is 0. The number of hydrogen-bond donors (Lipinski definition) is 2. The van der Waals surface area contributed by atoms with Crippen LogP contribution in [0.25, 0.3) is 0 Å². The van der Waals surface area contributed by atoms with Gasteiger partial charge in [-0.1, -0.05) is 0 Å². The van der Waals surface area contributed by atoms with Crippen molar-refractivity contribution in [2.75, 3.05) is 20.8 Å². The van der Waals surface area contributed by atoms with Gasteiger partial charge in [-0.15, -0.1) is 0 Å². The Morgan fingerprint density at radius 2 is 2.05 bits per heavy atom. The molecule has 0 bridgehead atoms. The van der Waals surface area contributed by atoms with Crippen molar-refractivity contribution in [3.05, 3.63) is 0 Å². The van der Waals surface area contributed by atoms with Gasteiger partial charge in [0.05, 0.1) is 17.7 Å². The third-order valence-corrected chi connectivity index (χ3v) is 4.43. The number of unbranched alkanes of at least 4 members (excludes halogenated alkanes) is 1.